The number of hydrogen-bond donors (Lipinski definition) is 0. The summed E-state index contributed by atoms with van der Waals surface area (Å²) in [7, 11) is 0. The van der Waals surface area contributed by atoms with Crippen LogP contribution in [0.25, 0.3) is 0 Å². The van der Waals surface area contributed by atoms with Gasteiger partial charge in [0.05, 0.1) is 0 Å². The highest BCUT2D eigenvalue weighted by molar-refractivity contribution is 5.99. The maximum atomic E-state index is 12.3. The van der Waals surface area contributed by atoms with Crippen LogP contribution < -0.4 is 0 Å². The van der Waals surface area contributed by atoms with E-state index in [1.165, 1.54) is 22.3 Å². The van der Waals surface area contributed by atoms with Crippen molar-refractivity contribution in [3.63, 3.8) is 0 Å². The van der Waals surface area contributed by atoms with Crippen LogP contribution in [0.3, 0.4) is 0 Å². The third-order valence-electron chi connectivity index (χ3n) is 5.17. The van der Waals surface area contributed by atoms with Crippen molar-refractivity contribution >= 4 is 5.78 Å². The lowest BCUT2D eigenvalue weighted by Gasteiger charge is -2.16. The van der Waals surface area contributed by atoms with E-state index in [-0.39, 0.29) is 11.2 Å². The normalized spacial score (nSPS) is 11.4. The molecule has 0 heterocycles. The molecule has 0 aliphatic rings. The fraction of sp³-hybridized carbons (Fsp3) is 0.296. The molecule has 0 unspecified atom stereocenters. The van der Waals surface area contributed by atoms with Gasteiger partial charge in [-0.2, -0.15) is 0 Å². The van der Waals surface area contributed by atoms with Gasteiger partial charge < -0.3 is 0 Å². The fourth-order valence-corrected chi connectivity index (χ4v) is 3.35. The monoisotopic (exact) mass is 370 g/mol. The van der Waals surface area contributed by atoms with Crippen molar-refractivity contribution in [2.45, 2.75) is 46.5 Å². The van der Waals surface area contributed by atoms with Crippen LogP contribution in [0.2, 0.25) is 0 Å². The molecule has 28 heavy (non-hydrogen) atoms. The van der Waals surface area contributed by atoms with E-state index in [0.29, 0.717) is 0 Å². The minimum absolute atomic E-state index is 0.199. The maximum Gasteiger partial charge on any atom is 0.168 e. The summed E-state index contributed by atoms with van der Waals surface area (Å²) in [5, 5.41) is 0. The van der Waals surface area contributed by atoms with E-state index >= 15 is 0 Å². The second kappa shape index (κ2) is 9.01. The molecule has 1 nitrogen and oxygen atoms in total. The Balaban J connectivity index is 1.51. The number of aryl methyl sites for hydroxylation is 4. The zero-order chi connectivity index (χ0) is 20.0. The molecule has 3 aromatic rings. The first-order valence-corrected chi connectivity index (χ1v) is 10.2. The summed E-state index contributed by atoms with van der Waals surface area (Å²) in [6.07, 6.45) is 4.17. The first-order chi connectivity index (χ1) is 13.4. The summed E-state index contributed by atoms with van der Waals surface area (Å²) >= 11 is 0. The molecule has 0 aliphatic carbocycles. The number of carbonyl (C=O) groups is 1. The van der Waals surface area contributed by atoms with Gasteiger partial charge in [0.1, 0.15) is 0 Å². The van der Waals surface area contributed by atoms with Crippen LogP contribution in [0.1, 0.15) is 53.4 Å². The lowest BCUT2D eigenvalue weighted by atomic mass is 9.86. The molecule has 0 aliphatic heterocycles. The lowest BCUT2D eigenvalue weighted by Crippen LogP contribution is -2.20. The summed E-state index contributed by atoms with van der Waals surface area (Å²) in [6, 6.07) is 27.8. The Kier molecular flexibility index (Phi) is 6.46. The molecule has 0 fully saturated rings. The molecule has 3 aromatic carbocycles. The maximum absolute atomic E-state index is 12.3. The topological polar surface area (TPSA) is 17.1 Å². The molecular formula is C27H30O. The van der Waals surface area contributed by atoms with Crippen molar-refractivity contribution in [3.05, 3.63) is 107 Å². The number of hydrogen-bond acceptors (Lipinski definition) is 1. The Morgan fingerprint density at radius 3 is 1.32 bits per heavy atom. The minimum atomic E-state index is -0.330. The standard InChI is InChI=1S/C27H30O/c1-27(2,3)26(28)25-19-17-24(18-20-25)16-15-23-13-11-22(12-14-23)10-9-21-7-5-4-6-8-21/h4-8,11-14,17-20H,9-10,15-16H2,1-3H3. The molecule has 1 heteroatoms. The van der Waals surface area contributed by atoms with E-state index in [4.69, 9.17) is 0 Å². The summed E-state index contributed by atoms with van der Waals surface area (Å²) in [5.74, 6) is 0.199. The lowest BCUT2D eigenvalue weighted by molar-refractivity contribution is 0.0858. The van der Waals surface area contributed by atoms with Crippen LogP contribution in [0.4, 0.5) is 0 Å². The van der Waals surface area contributed by atoms with Crippen LogP contribution >= 0.6 is 0 Å². The molecule has 0 aromatic heterocycles. The van der Waals surface area contributed by atoms with Gasteiger partial charge in [0.25, 0.3) is 0 Å². The molecular weight excluding hydrogens is 340 g/mol. The molecule has 0 saturated heterocycles. The highest BCUT2D eigenvalue weighted by atomic mass is 16.1. The largest absolute Gasteiger partial charge is 0.294 e. The first kappa shape index (κ1) is 20.1. The predicted molar refractivity (Wildman–Crippen MR) is 118 cm³/mol. The molecule has 0 saturated carbocycles. The van der Waals surface area contributed by atoms with Crippen LogP contribution in [0.15, 0.2) is 78.9 Å². The van der Waals surface area contributed by atoms with Crippen LogP contribution in [-0.4, -0.2) is 5.78 Å². The van der Waals surface area contributed by atoms with E-state index in [0.717, 1.165) is 31.2 Å². The third-order valence-corrected chi connectivity index (χ3v) is 5.17. The summed E-state index contributed by atoms with van der Waals surface area (Å²) in [6.45, 7) is 5.90. The van der Waals surface area contributed by atoms with Gasteiger partial charge in [0.2, 0.25) is 0 Å². The Hall–Kier alpha value is -2.67. The van der Waals surface area contributed by atoms with E-state index in [2.05, 4.69) is 66.7 Å². The first-order valence-electron chi connectivity index (χ1n) is 10.2. The van der Waals surface area contributed by atoms with Crippen molar-refractivity contribution < 1.29 is 4.79 Å². The number of ketones is 1. The van der Waals surface area contributed by atoms with Crippen molar-refractivity contribution in [2.24, 2.45) is 5.41 Å². The Bertz CT molecular complexity index is 882. The second-order valence-corrected chi connectivity index (χ2v) is 8.58. The highest BCUT2D eigenvalue weighted by Gasteiger charge is 2.22. The van der Waals surface area contributed by atoms with Gasteiger partial charge in [-0.05, 0) is 47.9 Å². The molecule has 0 spiro atoms. The summed E-state index contributed by atoms with van der Waals surface area (Å²) in [5.41, 5.74) is 5.89. The average Bonchev–Trinajstić information content (AvgIpc) is 2.71. The van der Waals surface area contributed by atoms with Gasteiger partial charge >= 0.3 is 0 Å². The quantitative estimate of drug-likeness (QED) is 0.435. The van der Waals surface area contributed by atoms with Gasteiger partial charge in [-0.15, -0.1) is 0 Å². The van der Waals surface area contributed by atoms with Gasteiger partial charge in [0, 0.05) is 11.0 Å². The predicted octanol–water partition coefficient (Wildman–Crippen LogP) is 6.49. The fourth-order valence-electron chi connectivity index (χ4n) is 3.35. The molecule has 144 valence electrons. The number of Topliss-reactive ketones (excluding diaryl/α,β-unsaturated/α-hetero) is 1. The SMILES string of the molecule is CC(C)(C)C(=O)c1ccc(CCc2ccc(CCc3ccccc3)cc2)cc1. The van der Waals surface area contributed by atoms with Crippen LogP contribution in [0, 0.1) is 5.41 Å². The zero-order valence-corrected chi connectivity index (χ0v) is 17.2. The highest BCUT2D eigenvalue weighted by Crippen LogP contribution is 2.21. The smallest absolute Gasteiger partial charge is 0.168 e. The molecule has 0 radical (unpaired) electrons. The zero-order valence-electron chi connectivity index (χ0n) is 17.2. The average molecular weight is 371 g/mol. The molecule has 0 atom stereocenters. The second-order valence-electron chi connectivity index (χ2n) is 8.58. The molecule has 3 rings (SSSR count). The number of carbonyl (C=O) groups excluding carboxylic acids is 1. The van der Waals surface area contributed by atoms with Gasteiger partial charge in [0.15, 0.2) is 5.78 Å². The van der Waals surface area contributed by atoms with E-state index in [1.807, 2.05) is 32.9 Å². The van der Waals surface area contributed by atoms with E-state index < -0.39 is 0 Å². The Labute approximate surface area is 169 Å². The minimum Gasteiger partial charge on any atom is -0.294 e. The Morgan fingerprint density at radius 2 is 0.929 bits per heavy atom. The van der Waals surface area contributed by atoms with Gasteiger partial charge in [-0.3, -0.25) is 4.79 Å². The Morgan fingerprint density at radius 1 is 0.571 bits per heavy atom. The van der Waals surface area contributed by atoms with Gasteiger partial charge in [-0.25, -0.2) is 0 Å². The van der Waals surface area contributed by atoms with Crippen LogP contribution in [-0.2, 0) is 25.7 Å². The van der Waals surface area contributed by atoms with Crippen molar-refractivity contribution in [3.8, 4) is 0 Å². The molecule has 0 bridgehead atoms. The molecule has 0 amide bonds. The number of benzene rings is 3. The van der Waals surface area contributed by atoms with E-state index in [1.54, 1.807) is 0 Å². The van der Waals surface area contributed by atoms with Crippen LogP contribution in [0.5, 0.6) is 0 Å². The van der Waals surface area contributed by atoms with E-state index in [9.17, 15) is 4.79 Å². The summed E-state index contributed by atoms with van der Waals surface area (Å²) < 4.78 is 0. The van der Waals surface area contributed by atoms with Gasteiger partial charge in [-0.1, -0.05) is 99.6 Å². The number of rotatable bonds is 7. The molecule has 0 N–H and O–H groups in total. The van der Waals surface area contributed by atoms with Crippen molar-refractivity contribution in [2.75, 3.05) is 0 Å². The summed E-state index contributed by atoms with van der Waals surface area (Å²) in [4.78, 5) is 12.3. The van der Waals surface area contributed by atoms with Crippen molar-refractivity contribution in [1.29, 1.82) is 0 Å². The van der Waals surface area contributed by atoms with Crippen molar-refractivity contribution in [1.82, 2.24) is 0 Å². The third kappa shape index (κ3) is 5.66.